The molecular weight excluding hydrogens is 480 g/mol. The van der Waals surface area contributed by atoms with Gasteiger partial charge in [0.1, 0.15) is 24.0 Å². The van der Waals surface area contributed by atoms with Gasteiger partial charge in [0.25, 0.3) is 5.91 Å². The molecule has 0 heterocycles. The van der Waals surface area contributed by atoms with Gasteiger partial charge in [-0.1, -0.05) is 90.5 Å². The van der Waals surface area contributed by atoms with Crippen LogP contribution in [0.3, 0.4) is 0 Å². The number of nitrogens with one attached hydrogen (secondary N) is 1. The van der Waals surface area contributed by atoms with Crippen LogP contribution in [0.1, 0.15) is 16.7 Å². The van der Waals surface area contributed by atoms with Crippen molar-refractivity contribution in [1.82, 2.24) is 0 Å². The summed E-state index contributed by atoms with van der Waals surface area (Å²) in [6.45, 7) is 2.42. The van der Waals surface area contributed by atoms with Gasteiger partial charge in [-0.25, -0.2) is 0 Å². The lowest BCUT2D eigenvalue weighted by molar-refractivity contribution is -0.112. The minimum absolute atomic E-state index is 0.0533. The molecule has 0 aliphatic heterocycles. The zero-order chi connectivity index (χ0) is 25.8. The van der Waals surface area contributed by atoms with Crippen LogP contribution >= 0.6 is 11.6 Å². The Bertz CT molecular complexity index is 1720. The number of hydrogen-bond acceptors (Lipinski definition) is 3. The first-order valence-electron chi connectivity index (χ1n) is 11.8. The van der Waals surface area contributed by atoms with E-state index in [0.717, 1.165) is 32.7 Å². The number of carbonyl (C=O) groups is 1. The number of carbonyl (C=O) groups excluding carboxylic acids is 1. The van der Waals surface area contributed by atoms with E-state index >= 15 is 0 Å². The number of rotatable bonds is 6. The van der Waals surface area contributed by atoms with Crippen LogP contribution in [-0.2, 0) is 11.4 Å². The fraction of sp³-hybridized carbons (Fsp3) is 0.0625. The lowest BCUT2D eigenvalue weighted by Crippen LogP contribution is -2.13. The first-order chi connectivity index (χ1) is 18.0. The normalized spacial score (nSPS) is 11.3. The summed E-state index contributed by atoms with van der Waals surface area (Å²) in [6.07, 6.45) is 1.58. The van der Waals surface area contributed by atoms with Crippen LogP contribution in [0, 0.1) is 18.3 Å². The van der Waals surface area contributed by atoms with E-state index in [1.165, 1.54) is 0 Å². The second-order valence-corrected chi connectivity index (χ2v) is 9.08. The van der Waals surface area contributed by atoms with Crippen molar-refractivity contribution in [2.24, 2.45) is 0 Å². The van der Waals surface area contributed by atoms with E-state index in [-0.39, 0.29) is 5.57 Å². The van der Waals surface area contributed by atoms with E-state index in [0.29, 0.717) is 28.6 Å². The average Bonchev–Trinajstić information content (AvgIpc) is 2.92. The zero-order valence-corrected chi connectivity index (χ0v) is 20.9. The van der Waals surface area contributed by atoms with Gasteiger partial charge < -0.3 is 10.1 Å². The number of benzene rings is 5. The van der Waals surface area contributed by atoms with Crippen molar-refractivity contribution >= 4 is 50.8 Å². The first kappa shape index (κ1) is 24.1. The molecule has 37 heavy (non-hydrogen) atoms. The molecule has 0 radical (unpaired) electrons. The van der Waals surface area contributed by atoms with Gasteiger partial charge in [0, 0.05) is 11.1 Å². The Hall–Kier alpha value is -4.59. The molecule has 0 saturated heterocycles. The first-order valence-corrected chi connectivity index (χ1v) is 12.2. The van der Waals surface area contributed by atoms with Crippen LogP contribution < -0.4 is 10.1 Å². The van der Waals surface area contributed by atoms with E-state index in [4.69, 9.17) is 16.3 Å². The van der Waals surface area contributed by atoms with Crippen LogP contribution in [0.15, 0.2) is 103 Å². The van der Waals surface area contributed by atoms with Crippen LogP contribution in [0.25, 0.3) is 27.6 Å². The zero-order valence-electron chi connectivity index (χ0n) is 20.2. The van der Waals surface area contributed by atoms with Crippen molar-refractivity contribution in [1.29, 1.82) is 5.26 Å². The summed E-state index contributed by atoms with van der Waals surface area (Å²) in [5.41, 5.74) is 3.28. The highest BCUT2D eigenvalue weighted by atomic mass is 35.5. The lowest BCUT2D eigenvalue weighted by Gasteiger charge is -2.15. The summed E-state index contributed by atoms with van der Waals surface area (Å²) in [5, 5.41) is 17.1. The highest BCUT2D eigenvalue weighted by Gasteiger charge is 2.15. The Labute approximate surface area is 220 Å². The van der Waals surface area contributed by atoms with Gasteiger partial charge in [-0.2, -0.15) is 5.26 Å². The Morgan fingerprint density at radius 1 is 0.892 bits per heavy atom. The van der Waals surface area contributed by atoms with E-state index in [1.54, 1.807) is 30.3 Å². The second kappa shape index (κ2) is 10.6. The molecule has 0 atom stereocenters. The number of aryl methyl sites for hydroxylation is 1. The molecule has 0 unspecified atom stereocenters. The van der Waals surface area contributed by atoms with Gasteiger partial charge >= 0.3 is 0 Å². The molecule has 0 aromatic heterocycles. The predicted molar refractivity (Wildman–Crippen MR) is 151 cm³/mol. The fourth-order valence-electron chi connectivity index (χ4n) is 4.38. The molecule has 5 aromatic carbocycles. The number of para-hydroxylation sites is 1. The van der Waals surface area contributed by atoms with Crippen LogP contribution in [0.5, 0.6) is 5.75 Å². The van der Waals surface area contributed by atoms with E-state index < -0.39 is 5.91 Å². The molecule has 0 saturated carbocycles. The maximum Gasteiger partial charge on any atom is 0.266 e. The molecule has 0 spiro atoms. The maximum absolute atomic E-state index is 13.0. The topological polar surface area (TPSA) is 62.1 Å². The Morgan fingerprint density at radius 3 is 2.30 bits per heavy atom. The maximum atomic E-state index is 13.0. The molecule has 1 N–H and O–H groups in total. The van der Waals surface area contributed by atoms with Crippen molar-refractivity contribution in [2.75, 3.05) is 5.32 Å². The number of nitrogens with zero attached hydrogens (tertiary/aromatic N) is 1. The highest BCUT2D eigenvalue weighted by Crippen LogP contribution is 2.32. The van der Waals surface area contributed by atoms with Crippen molar-refractivity contribution in [3.63, 3.8) is 0 Å². The summed E-state index contributed by atoms with van der Waals surface area (Å²) >= 11 is 6.20. The second-order valence-electron chi connectivity index (χ2n) is 8.67. The molecule has 5 heteroatoms. The van der Waals surface area contributed by atoms with Crippen LogP contribution in [-0.4, -0.2) is 5.91 Å². The largest absolute Gasteiger partial charge is 0.488 e. The molecule has 1 amide bonds. The quantitative estimate of drug-likeness (QED) is 0.188. The monoisotopic (exact) mass is 502 g/mol. The summed E-state index contributed by atoms with van der Waals surface area (Å²) in [5.74, 6) is 0.0451. The van der Waals surface area contributed by atoms with E-state index in [2.05, 4.69) is 36.5 Å². The molecule has 180 valence electrons. The third kappa shape index (κ3) is 5.04. The van der Waals surface area contributed by atoms with Gasteiger partial charge in [0.05, 0.1) is 10.7 Å². The van der Waals surface area contributed by atoms with Crippen molar-refractivity contribution < 1.29 is 9.53 Å². The summed E-state index contributed by atoms with van der Waals surface area (Å²) in [4.78, 5) is 13.0. The van der Waals surface area contributed by atoms with Gasteiger partial charge in [0.15, 0.2) is 0 Å². The minimum atomic E-state index is -0.542. The van der Waals surface area contributed by atoms with Crippen molar-refractivity contribution in [3.05, 3.63) is 124 Å². The Kier molecular flexibility index (Phi) is 6.89. The smallest absolute Gasteiger partial charge is 0.266 e. The third-order valence-corrected chi connectivity index (χ3v) is 6.68. The number of amides is 1. The molecular formula is C32H23ClN2O2. The molecule has 0 aliphatic carbocycles. The van der Waals surface area contributed by atoms with Gasteiger partial charge in [-0.05, 0) is 58.3 Å². The fourth-order valence-corrected chi connectivity index (χ4v) is 4.56. The van der Waals surface area contributed by atoms with Crippen LogP contribution in [0.2, 0.25) is 5.02 Å². The summed E-state index contributed by atoms with van der Waals surface area (Å²) < 4.78 is 6.38. The summed E-state index contributed by atoms with van der Waals surface area (Å²) in [6, 6.07) is 33.0. The standard InChI is InChI=1S/C32H23ClN2O2/c1-21-14-15-22-8-3-5-11-26(22)28(21)20-37-31-17-16-23-9-2-4-10-25(23)27(31)18-24(19-34)32(36)35-30-13-7-6-12-29(30)33/h2-18H,20H2,1H3,(H,35,36)/b24-18+. The molecule has 0 bridgehead atoms. The average molecular weight is 503 g/mol. The van der Waals surface area contributed by atoms with Crippen molar-refractivity contribution in [3.8, 4) is 11.8 Å². The Morgan fingerprint density at radius 2 is 1.54 bits per heavy atom. The predicted octanol–water partition coefficient (Wildman–Crippen LogP) is 8.08. The number of ether oxygens (including phenoxy) is 1. The third-order valence-electron chi connectivity index (χ3n) is 6.35. The SMILES string of the molecule is Cc1ccc2ccccc2c1COc1ccc2ccccc2c1/C=C(\C#N)C(=O)Nc1ccccc1Cl. The molecule has 5 rings (SSSR count). The number of nitriles is 1. The van der Waals surface area contributed by atoms with E-state index in [9.17, 15) is 10.1 Å². The Balaban J connectivity index is 1.54. The minimum Gasteiger partial charge on any atom is -0.488 e. The number of anilines is 1. The van der Waals surface area contributed by atoms with Crippen LogP contribution in [0.4, 0.5) is 5.69 Å². The van der Waals surface area contributed by atoms with Gasteiger partial charge in [-0.15, -0.1) is 0 Å². The summed E-state index contributed by atoms with van der Waals surface area (Å²) in [7, 11) is 0. The number of halogens is 1. The highest BCUT2D eigenvalue weighted by molar-refractivity contribution is 6.34. The molecule has 0 fully saturated rings. The lowest BCUT2D eigenvalue weighted by atomic mass is 9.99. The molecule has 5 aromatic rings. The number of hydrogen-bond donors (Lipinski definition) is 1. The van der Waals surface area contributed by atoms with Crippen molar-refractivity contribution in [2.45, 2.75) is 13.5 Å². The van der Waals surface area contributed by atoms with Gasteiger partial charge in [0.2, 0.25) is 0 Å². The van der Waals surface area contributed by atoms with E-state index in [1.807, 2.05) is 54.6 Å². The number of fused-ring (bicyclic) bond motifs is 2. The molecule has 4 nitrogen and oxygen atoms in total. The molecule has 0 aliphatic rings. The van der Waals surface area contributed by atoms with Gasteiger partial charge in [-0.3, -0.25) is 4.79 Å².